The molecule has 4 nitrogen and oxygen atoms in total. The van der Waals surface area contributed by atoms with E-state index in [0.717, 1.165) is 17.7 Å². The molecule has 2 atom stereocenters. The molecule has 2 aliphatic heterocycles. The summed E-state index contributed by atoms with van der Waals surface area (Å²) >= 11 is 1.71. The quantitative estimate of drug-likeness (QED) is 0.838. The molecule has 1 aromatic heterocycles. The van der Waals surface area contributed by atoms with Crippen LogP contribution in [0.1, 0.15) is 18.0 Å². The van der Waals surface area contributed by atoms with Gasteiger partial charge in [-0.15, -0.1) is 11.3 Å². The maximum absolute atomic E-state index is 11.5. The van der Waals surface area contributed by atoms with E-state index in [4.69, 9.17) is 4.74 Å². The van der Waals surface area contributed by atoms with Gasteiger partial charge < -0.3 is 15.4 Å². The SMILES string of the molecule is O=C1NC2CC(N1)c1cc(-c3cccs3)ccc1O2. The first kappa shape index (κ1) is 10.9. The second-order valence-corrected chi connectivity index (χ2v) is 5.69. The molecule has 2 unspecified atom stereocenters. The number of fused-ring (bicyclic) bond motifs is 4. The van der Waals surface area contributed by atoms with Crippen LogP contribution in [-0.4, -0.2) is 12.3 Å². The van der Waals surface area contributed by atoms with Crippen molar-refractivity contribution in [2.75, 3.05) is 0 Å². The lowest BCUT2D eigenvalue weighted by Gasteiger charge is -2.37. The summed E-state index contributed by atoms with van der Waals surface area (Å²) in [5.74, 6) is 0.856. The molecular weight excluding hydrogens is 260 g/mol. The molecule has 1 saturated heterocycles. The summed E-state index contributed by atoms with van der Waals surface area (Å²) < 4.78 is 5.78. The van der Waals surface area contributed by atoms with Crippen molar-refractivity contribution in [2.45, 2.75) is 18.7 Å². The second kappa shape index (κ2) is 3.99. The molecule has 0 saturated carbocycles. The number of urea groups is 1. The van der Waals surface area contributed by atoms with Crippen molar-refractivity contribution in [3.05, 3.63) is 41.3 Å². The number of benzene rings is 1. The van der Waals surface area contributed by atoms with E-state index in [2.05, 4.69) is 34.2 Å². The van der Waals surface area contributed by atoms with Crippen molar-refractivity contribution in [1.29, 1.82) is 0 Å². The minimum Gasteiger partial charge on any atom is -0.470 e. The molecule has 2 N–H and O–H groups in total. The second-order valence-electron chi connectivity index (χ2n) is 4.74. The predicted octanol–water partition coefficient (Wildman–Crippen LogP) is 2.88. The zero-order valence-electron chi connectivity index (χ0n) is 10.1. The van der Waals surface area contributed by atoms with Crippen molar-refractivity contribution >= 4 is 17.4 Å². The number of amides is 2. The first-order chi connectivity index (χ1) is 9.29. The Morgan fingerprint density at radius 3 is 3.05 bits per heavy atom. The number of thiophene rings is 1. The summed E-state index contributed by atoms with van der Waals surface area (Å²) in [6.45, 7) is 0. The molecule has 0 spiro atoms. The first-order valence-corrected chi connectivity index (χ1v) is 7.09. The molecule has 2 aromatic rings. The molecule has 19 heavy (non-hydrogen) atoms. The average Bonchev–Trinajstić information content (AvgIpc) is 2.92. The Bertz CT molecular complexity index is 639. The van der Waals surface area contributed by atoms with Gasteiger partial charge in [-0.3, -0.25) is 0 Å². The summed E-state index contributed by atoms with van der Waals surface area (Å²) in [6, 6.07) is 10.2. The van der Waals surface area contributed by atoms with Crippen LogP contribution in [0, 0.1) is 0 Å². The highest BCUT2D eigenvalue weighted by Gasteiger charge is 2.34. The molecule has 2 amide bonds. The highest BCUT2D eigenvalue weighted by atomic mass is 32.1. The van der Waals surface area contributed by atoms with Gasteiger partial charge in [0.05, 0.1) is 6.04 Å². The standard InChI is InChI=1S/C14H12N2O2S/c17-14-15-10-7-13(16-14)18-11-4-3-8(6-9(10)11)12-2-1-5-19-12/h1-6,10,13H,7H2,(H2,15,16,17). The van der Waals surface area contributed by atoms with Crippen LogP contribution in [0.4, 0.5) is 4.79 Å². The van der Waals surface area contributed by atoms with Gasteiger partial charge in [-0.25, -0.2) is 4.79 Å². The Hall–Kier alpha value is -2.01. The molecule has 2 bridgehead atoms. The molecule has 2 aliphatic rings. The van der Waals surface area contributed by atoms with E-state index in [1.165, 1.54) is 10.4 Å². The van der Waals surface area contributed by atoms with Crippen molar-refractivity contribution in [3.8, 4) is 16.2 Å². The van der Waals surface area contributed by atoms with Crippen molar-refractivity contribution in [1.82, 2.24) is 10.6 Å². The van der Waals surface area contributed by atoms with E-state index in [9.17, 15) is 4.79 Å². The van der Waals surface area contributed by atoms with E-state index < -0.39 is 0 Å². The van der Waals surface area contributed by atoms with Crippen LogP contribution in [0.15, 0.2) is 35.7 Å². The Balaban J connectivity index is 1.79. The fraction of sp³-hybridized carbons (Fsp3) is 0.214. The van der Waals surface area contributed by atoms with E-state index >= 15 is 0 Å². The van der Waals surface area contributed by atoms with E-state index in [-0.39, 0.29) is 18.3 Å². The van der Waals surface area contributed by atoms with Gasteiger partial charge >= 0.3 is 6.03 Å². The lowest BCUT2D eigenvalue weighted by Crippen LogP contribution is -2.55. The van der Waals surface area contributed by atoms with E-state index in [1.807, 2.05) is 12.1 Å². The number of carbonyl (C=O) groups excluding carboxylic acids is 1. The monoisotopic (exact) mass is 272 g/mol. The molecule has 0 radical (unpaired) electrons. The number of rotatable bonds is 1. The molecule has 1 fully saturated rings. The van der Waals surface area contributed by atoms with Crippen molar-refractivity contribution in [2.24, 2.45) is 0 Å². The number of carbonyl (C=O) groups is 1. The molecule has 1 aromatic carbocycles. The van der Waals surface area contributed by atoms with Gasteiger partial charge in [0.1, 0.15) is 5.75 Å². The van der Waals surface area contributed by atoms with Crippen LogP contribution < -0.4 is 15.4 Å². The molecule has 4 rings (SSSR count). The van der Waals surface area contributed by atoms with Gasteiger partial charge in [0, 0.05) is 16.9 Å². The molecule has 0 aliphatic carbocycles. The van der Waals surface area contributed by atoms with E-state index in [0.29, 0.717) is 0 Å². The van der Waals surface area contributed by atoms with Gasteiger partial charge in [0.25, 0.3) is 0 Å². The largest absolute Gasteiger partial charge is 0.470 e. The Morgan fingerprint density at radius 2 is 2.21 bits per heavy atom. The first-order valence-electron chi connectivity index (χ1n) is 6.21. The van der Waals surface area contributed by atoms with Crippen LogP contribution in [0.3, 0.4) is 0 Å². The van der Waals surface area contributed by atoms with Crippen LogP contribution in [0.25, 0.3) is 10.4 Å². The highest BCUT2D eigenvalue weighted by molar-refractivity contribution is 7.13. The number of hydrogen-bond donors (Lipinski definition) is 2. The summed E-state index contributed by atoms with van der Waals surface area (Å²) in [5, 5.41) is 7.77. The zero-order chi connectivity index (χ0) is 12.8. The topological polar surface area (TPSA) is 50.4 Å². The van der Waals surface area contributed by atoms with Crippen LogP contribution in [0.2, 0.25) is 0 Å². The number of nitrogens with one attached hydrogen (secondary N) is 2. The zero-order valence-corrected chi connectivity index (χ0v) is 10.9. The van der Waals surface area contributed by atoms with Gasteiger partial charge in [0.15, 0.2) is 6.23 Å². The maximum atomic E-state index is 11.5. The van der Waals surface area contributed by atoms with Crippen LogP contribution in [-0.2, 0) is 0 Å². The third kappa shape index (κ3) is 1.77. The highest BCUT2D eigenvalue weighted by Crippen LogP contribution is 2.39. The van der Waals surface area contributed by atoms with Crippen LogP contribution >= 0.6 is 11.3 Å². The van der Waals surface area contributed by atoms with Gasteiger partial charge in [-0.1, -0.05) is 6.07 Å². The molecule has 5 heteroatoms. The summed E-state index contributed by atoms with van der Waals surface area (Å²) in [6.07, 6.45) is 0.561. The predicted molar refractivity (Wildman–Crippen MR) is 73.2 cm³/mol. The molecular formula is C14H12N2O2S. The fourth-order valence-electron chi connectivity index (χ4n) is 2.64. The molecule has 3 heterocycles. The number of hydrogen-bond acceptors (Lipinski definition) is 3. The minimum atomic E-state index is -0.209. The lowest BCUT2D eigenvalue weighted by molar-refractivity contribution is 0.103. The minimum absolute atomic E-state index is 0.0439. The normalized spacial score (nSPS) is 23.9. The third-order valence-electron chi connectivity index (χ3n) is 3.51. The summed E-state index contributed by atoms with van der Waals surface area (Å²) in [4.78, 5) is 12.7. The average molecular weight is 272 g/mol. The van der Waals surface area contributed by atoms with E-state index in [1.54, 1.807) is 11.3 Å². The van der Waals surface area contributed by atoms with Crippen LogP contribution in [0.5, 0.6) is 5.75 Å². The third-order valence-corrected chi connectivity index (χ3v) is 4.43. The van der Waals surface area contributed by atoms with Gasteiger partial charge in [-0.2, -0.15) is 0 Å². The van der Waals surface area contributed by atoms with Gasteiger partial charge in [0.2, 0.25) is 0 Å². The fourth-order valence-corrected chi connectivity index (χ4v) is 3.36. The Labute approximate surface area is 114 Å². The number of ether oxygens (including phenoxy) is 1. The van der Waals surface area contributed by atoms with Gasteiger partial charge in [-0.05, 0) is 35.2 Å². The van der Waals surface area contributed by atoms with Crippen molar-refractivity contribution in [3.63, 3.8) is 0 Å². The summed E-state index contributed by atoms with van der Waals surface area (Å²) in [7, 11) is 0. The smallest absolute Gasteiger partial charge is 0.318 e. The summed E-state index contributed by atoms with van der Waals surface area (Å²) in [5.41, 5.74) is 2.24. The Kier molecular flexibility index (Phi) is 2.29. The molecule has 96 valence electrons. The van der Waals surface area contributed by atoms with Crippen molar-refractivity contribution < 1.29 is 9.53 Å². The Morgan fingerprint density at radius 1 is 1.26 bits per heavy atom. The lowest BCUT2D eigenvalue weighted by atomic mass is 9.95. The maximum Gasteiger partial charge on any atom is 0.318 e.